The maximum atomic E-state index is 13.8. The second-order valence-corrected chi connectivity index (χ2v) is 15.4. The van der Waals surface area contributed by atoms with E-state index in [4.69, 9.17) is 24.5 Å². The fourth-order valence-corrected chi connectivity index (χ4v) is 7.47. The monoisotopic (exact) mass is 802 g/mol. The molecule has 6 rings (SSSR count). The normalized spacial score (nSPS) is 17.0. The number of aliphatic carboxylic acids is 1. The molecule has 2 aromatic carbocycles. The first-order chi connectivity index (χ1) is 27.2. The number of cyclic esters (lactones) is 1. The van der Waals surface area contributed by atoms with Crippen molar-refractivity contribution in [3.05, 3.63) is 109 Å². The van der Waals surface area contributed by atoms with Gasteiger partial charge >= 0.3 is 25.8 Å². The Bertz CT molecular complexity index is 2420. The number of hydrogen-bond donors (Lipinski definition) is 3. The van der Waals surface area contributed by atoms with Gasteiger partial charge in [-0.15, -0.1) is 0 Å². The zero-order chi connectivity index (χ0) is 41.1. The molecule has 57 heavy (non-hydrogen) atoms. The molecule has 0 fully saturated rings. The van der Waals surface area contributed by atoms with Crippen LogP contribution in [0, 0.1) is 0 Å². The fraction of sp³-hybridized carbons (Fsp3) is 0.351. The number of ether oxygens (including phenoxy) is 2. The van der Waals surface area contributed by atoms with E-state index in [0.717, 1.165) is 26.0 Å². The predicted octanol–water partition coefficient (Wildman–Crippen LogP) is 4.29. The number of fused-ring (bicyclic) bond motifs is 5. The van der Waals surface area contributed by atoms with Crippen LogP contribution in [0.15, 0.2) is 70.6 Å². The number of hydrogen-bond acceptors (Lipinski definition) is 11. The van der Waals surface area contributed by atoms with Gasteiger partial charge in [-0.3, -0.25) is 14.1 Å². The first-order valence-corrected chi connectivity index (χ1v) is 19.3. The van der Waals surface area contributed by atoms with E-state index in [0.29, 0.717) is 17.0 Å². The lowest BCUT2D eigenvalue weighted by molar-refractivity contribution is -0.173. The predicted molar refractivity (Wildman–Crippen MR) is 203 cm³/mol. The minimum absolute atomic E-state index is 0.0676. The highest BCUT2D eigenvalue weighted by atomic mass is 31.2. The lowest BCUT2D eigenvalue weighted by Crippen LogP contribution is -2.49. The van der Waals surface area contributed by atoms with Gasteiger partial charge in [0.1, 0.15) is 12.6 Å². The molecular formula is C37H39N8O11P. The van der Waals surface area contributed by atoms with Crippen molar-refractivity contribution in [2.24, 2.45) is 5.11 Å². The van der Waals surface area contributed by atoms with Crippen LogP contribution in [0.2, 0.25) is 0 Å². The van der Waals surface area contributed by atoms with Crippen molar-refractivity contribution >= 4 is 42.6 Å². The highest BCUT2D eigenvalue weighted by molar-refractivity contribution is 7.50. The Morgan fingerprint density at radius 3 is 2.58 bits per heavy atom. The summed E-state index contributed by atoms with van der Waals surface area (Å²) in [5.41, 5.74) is 9.85. The third-order valence-electron chi connectivity index (χ3n) is 9.95. The van der Waals surface area contributed by atoms with Crippen LogP contribution in [0.4, 0.5) is 4.79 Å². The van der Waals surface area contributed by atoms with Gasteiger partial charge in [-0.25, -0.2) is 28.6 Å². The number of carbonyl (C=O) groups excluding carboxylic acids is 3. The van der Waals surface area contributed by atoms with E-state index in [-0.39, 0.29) is 62.3 Å². The molecule has 0 bridgehead atoms. The van der Waals surface area contributed by atoms with E-state index >= 15 is 0 Å². The van der Waals surface area contributed by atoms with E-state index in [9.17, 15) is 38.5 Å². The van der Waals surface area contributed by atoms with Gasteiger partial charge in [0, 0.05) is 53.5 Å². The molecular weight excluding hydrogens is 763 g/mol. The molecule has 2 aliphatic heterocycles. The summed E-state index contributed by atoms with van der Waals surface area (Å²) in [5, 5.41) is 16.3. The Balaban J connectivity index is 1.08. The number of likely N-dealkylation sites (N-methyl/N-ethyl adjacent to an activating group) is 2. The van der Waals surface area contributed by atoms with Crippen molar-refractivity contribution in [1.82, 2.24) is 24.4 Å². The van der Waals surface area contributed by atoms with Crippen LogP contribution in [-0.4, -0.2) is 92.9 Å². The molecule has 2 unspecified atom stereocenters. The van der Waals surface area contributed by atoms with Gasteiger partial charge in [0.05, 0.1) is 42.2 Å². The van der Waals surface area contributed by atoms with Crippen LogP contribution in [0.1, 0.15) is 52.4 Å². The zero-order valence-electron chi connectivity index (χ0n) is 31.2. The number of aromatic nitrogens is 2. The molecule has 2 aromatic heterocycles. The number of rotatable bonds is 15. The smallest absolute Gasteiger partial charge is 0.411 e. The third kappa shape index (κ3) is 8.24. The number of carboxylic acid groups (broad SMARTS) is 1. The van der Waals surface area contributed by atoms with Gasteiger partial charge in [0.2, 0.25) is 5.60 Å². The lowest BCUT2D eigenvalue weighted by Gasteiger charge is -2.36. The second kappa shape index (κ2) is 16.6. The van der Waals surface area contributed by atoms with E-state index in [2.05, 4.69) is 15.3 Å². The molecule has 3 atom stereocenters. The molecule has 19 nitrogen and oxygen atoms in total. The Hall–Kier alpha value is -6.10. The van der Waals surface area contributed by atoms with E-state index < -0.39 is 55.5 Å². The van der Waals surface area contributed by atoms with Gasteiger partial charge in [-0.1, -0.05) is 42.4 Å². The number of nitrogens with one attached hydrogen (secondary N) is 1. The number of carbonyl (C=O) groups is 4. The number of amides is 2. The number of nitrogens with zero attached hydrogens (tertiary/aromatic N) is 7. The van der Waals surface area contributed by atoms with Crippen LogP contribution < -0.4 is 10.9 Å². The van der Waals surface area contributed by atoms with Crippen molar-refractivity contribution in [2.45, 2.75) is 51.1 Å². The fourth-order valence-electron chi connectivity index (χ4n) is 6.58. The molecule has 3 N–H and O–H groups in total. The summed E-state index contributed by atoms with van der Waals surface area (Å²) in [5.74, 6) is -2.96. The molecule has 0 aliphatic carbocycles. The second-order valence-electron chi connectivity index (χ2n) is 13.5. The number of esters is 1. The van der Waals surface area contributed by atoms with Crippen LogP contribution in [0.3, 0.4) is 0 Å². The van der Waals surface area contributed by atoms with Gasteiger partial charge in [0.25, 0.3) is 11.5 Å². The van der Waals surface area contributed by atoms with Crippen molar-refractivity contribution in [3.8, 4) is 11.4 Å². The average molecular weight is 803 g/mol. The summed E-state index contributed by atoms with van der Waals surface area (Å²) in [4.78, 5) is 84.5. The first-order valence-electron chi connectivity index (χ1n) is 17.8. The largest absolute Gasteiger partial charge is 0.480 e. The van der Waals surface area contributed by atoms with Gasteiger partial charge in [0.15, 0.2) is 0 Å². The van der Waals surface area contributed by atoms with Crippen molar-refractivity contribution in [1.29, 1.82) is 0 Å². The zero-order valence-corrected chi connectivity index (χ0v) is 32.0. The van der Waals surface area contributed by atoms with Crippen LogP contribution in [0.25, 0.3) is 32.7 Å². The molecule has 298 valence electrons. The number of para-hydroxylation sites is 1. The summed E-state index contributed by atoms with van der Waals surface area (Å²) in [6.45, 7) is 0.723. The molecule has 0 saturated heterocycles. The third-order valence-corrected chi connectivity index (χ3v) is 11.5. The Morgan fingerprint density at radius 1 is 1.14 bits per heavy atom. The Labute approximate surface area is 325 Å². The van der Waals surface area contributed by atoms with Crippen LogP contribution >= 0.6 is 7.75 Å². The van der Waals surface area contributed by atoms with E-state index in [1.807, 2.05) is 30.3 Å². The van der Waals surface area contributed by atoms with Crippen molar-refractivity contribution in [3.63, 3.8) is 0 Å². The molecule has 4 aromatic rings. The first kappa shape index (κ1) is 40.6. The van der Waals surface area contributed by atoms with Gasteiger partial charge < -0.3 is 34.3 Å². The van der Waals surface area contributed by atoms with Crippen LogP contribution in [0.5, 0.6) is 0 Å². The maximum Gasteiger partial charge on any atom is 0.411 e. The lowest BCUT2D eigenvalue weighted by atomic mass is 9.85. The summed E-state index contributed by atoms with van der Waals surface area (Å²) < 4.78 is 32.0. The molecule has 4 heterocycles. The van der Waals surface area contributed by atoms with Gasteiger partial charge in [-0.2, -0.15) is 0 Å². The van der Waals surface area contributed by atoms with Gasteiger partial charge in [-0.05, 0) is 54.9 Å². The summed E-state index contributed by atoms with van der Waals surface area (Å²) in [6, 6.07) is 15.7. The van der Waals surface area contributed by atoms with Crippen LogP contribution in [-0.2, 0) is 53.4 Å². The Kier molecular flexibility index (Phi) is 11.8. The quantitative estimate of drug-likeness (QED) is 0.0440. The van der Waals surface area contributed by atoms with Crippen molar-refractivity contribution < 1.29 is 47.7 Å². The summed E-state index contributed by atoms with van der Waals surface area (Å²) in [6.07, 6.45) is -1.40. The SMILES string of the molecule is CC[C@@]1(OC(=O)N(C)CCN(C)P(=O)(O)OCCC(NC(=O)c2ccc(CN=[N+]=[N-])cc2)C(=O)O)C(=O)OCc2c1cc1n(c2=O)Cc2cc3ccccc3nc2-1. The highest BCUT2D eigenvalue weighted by Gasteiger charge is 2.51. The Morgan fingerprint density at radius 2 is 1.88 bits per heavy atom. The minimum atomic E-state index is -4.53. The maximum absolute atomic E-state index is 13.8. The summed E-state index contributed by atoms with van der Waals surface area (Å²) in [7, 11) is -1.92. The minimum Gasteiger partial charge on any atom is -0.480 e. The molecule has 2 amide bonds. The average Bonchev–Trinajstić information content (AvgIpc) is 3.56. The molecule has 2 aliphatic rings. The molecule has 0 spiro atoms. The molecule has 0 radical (unpaired) electrons. The number of pyridine rings is 2. The van der Waals surface area contributed by atoms with E-state index in [1.165, 1.54) is 26.2 Å². The van der Waals surface area contributed by atoms with Crippen molar-refractivity contribution in [2.75, 3.05) is 33.8 Å². The highest BCUT2D eigenvalue weighted by Crippen LogP contribution is 2.45. The van der Waals surface area contributed by atoms with E-state index in [1.54, 1.807) is 29.7 Å². The molecule has 0 saturated carbocycles. The number of azide groups is 1. The number of benzene rings is 2. The summed E-state index contributed by atoms with van der Waals surface area (Å²) >= 11 is 0. The number of carboxylic acids is 1. The molecule has 20 heteroatoms. The standard InChI is InChI=1S/C37H39N8O11P/c1-4-37(27-18-30-31-25(17-24-7-5-6-8-28(24)40-31)20-45(30)33(47)26(27)21-54-35(37)50)56-36(51)43(2)14-15-44(3)57(52,53)55-16-13-29(34(48)49)41-32(46)23-11-9-22(10-12-23)19-39-42-38/h5-12,17-18,29H,4,13-16,19-21H2,1-3H3,(H,41,46)(H,48,49)(H,52,53)/t29?,37-/m0/s1. The topological polar surface area (TPSA) is 256 Å².